The third-order valence-corrected chi connectivity index (χ3v) is 5.13. The van der Waals surface area contributed by atoms with Gasteiger partial charge in [0.15, 0.2) is 5.82 Å². The lowest BCUT2D eigenvalue weighted by Crippen LogP contribution is -2.29. The number of hydrogen-bond acceptors (Lipinski definition) is 5. The normalized spacial score (nSPS) is 18.2. The van der Waals surface area contributed by atoms with Crippen molar-refractivity contribution in [3.8, 4) is 0 Å². The van der Waals surface area contributed by atoms with Gasteiger partial charge in [-0.15, -0.1) is 0 Å². The van der Waals surface area contributed by atoms with Gasteiger partial charge in [0, 0.05) is 11.6 Å². The summed E-state index contributed by atoms with van der Waals surface area (Å²) < 4.78 is 18.4. The first-order valence-electron chi connectivity index (χ1n) is 9.49. The summed E-state index contributed by atoms with van der Waals surface area (Å²) in [5.74, 6) is -1.86. The van der Waals surface area contributed by atoms with Crippen molar-refractivity contribution in [3.05, 3.63) is 88.4 Å². The van der Waals surface area contributed by atoms with Crippen molar-refractivity contribution in [1.82, 2.24) is 5.16 Å². The number of aliphatic hydroxyl groups is 1. The summed E-state index contributed by atoms with van der Waals surface area (Å²) in [6.45, 7) is 3.70. The van der Waals surface area contributed by atoms with E-state index in [-0.39, 0.29) is 22.7 Å². The molecule has 0 radical (unpaired) electrons. The number of hydrogen-bond donors (Lipinski definition) is 1. The Morgan fingerprint density at radius 3 is 2.37 bits per heavy atom. The van der Waals surface area contributed by atoms with Crippen LogP contribution in [0, 0.1) is 12.7 Å². The van der Waals surface area contributed by atoms with Crippen LogP contribution in [-0.2, 0) is 16.0 Å². The molecular formula is C23H19FN2O4. The Morgan fingerprint density at radius 1 is 1.13 bits per heavy atom. The summed E-state index contributed by atoms with van der Waals surface area (Å²) >= 11 is 0. The highest BCUT2D eigenvalue weighted by molar-refractivity contribution is 6.51. The highest BCUT2D eigenvalue weighted by atomic mass is 19.1. The van der Waals surface area contributed by atoms with Crippen molar-refractivity contribution in [3.63, 3.8) is 0 Å². The molecule has 1 N–H and O–H groups in total. The van der Waals surface area contributed by atoms with Gasteiger partial charge < -0.3 is 9.63 Å². The molecule has 0 saturated carbocycles. The van der Waals surface area contributed by atoms with Crippen LogP contribution in [0.4, 0.5) is 10.2 Å². The molecule has 6 nitrogen and oxygen atoms in total. The summed E-state index contributed by atoms with van der Waals surface area (Å²) in [6, 6.07) is 13.2. The number of aromatic nitrogens is 1. The van der Waals surface area contributed by atoms with Crippen LogP contribution in [0.2, 0.25) is 0 Å². The van der Waals surface area contributed by atoms with E-state index >= 15 is 0 Å². The Labute approximate surface area is 172 Å². The molecule has 0 spiro atoms. The summed E-state index contributed by atoms with van der Waals surface area (Å²) in [4.78, 5) is 27.1. The molecule has 30 heavy (non-hydrogen) atoms. The largest absolute Gasteiger partial charge is 0.507 e. The van der Waals surface area contributed by atoms with Gasteiger partial charge in [-0.1, -0.05) is 36.3 Å². The molecule has 1 fully saturated rings. The summed E-state index contributed by atoms with van der Waals surface area (Å²) in [5, 5.41) is 14.8. The minimum atomic E-state index is -0.898. The average molecular weight is 406 g/mol. The molecular weight excluding hydrogens is 387 g/mol. The maximum absolute atomic E-state index is 13.3. The van der Waals surface area contributed by atoms with E-state index in [9.17, 15) is 19.1 Å². The van der Waals surface area contributed by atoms with Crippen LogP contribution in [0.1, 0.15) is 35.4 Å². The lowest BCUT2D eigenvalue weighted by atomic mass is 9.94. The van der Waals surface area contributed by atoms with Crippen molar-refractivity contribution < 1.29 is 23.6 Å². The van der Waals surface area contributed by atoms with E-state index in [1.54, 1.807) is 13.0 Å². The van der Waals surface area contributed by atoms with Crippen molar-refractivity contribution in [2.45, 2.75) is 26.3 Å². The van der Waals surface area contributed by atoms with Crippen molar-refractivity contribution in [1.29, 1.82) is 0 Å². The van der Waals surface area contributed by atoms with E-state index in [1.807, 2.05) is 31.2 Å². The minimum Gasteiger partial charge on any atom is -0.507 e. The number of nitrogens with zero attached hydrogens (tertiary/aromatic N) is 2. The van der Waals surface area contributed by atoms with Crippen molar-refractivity contribution in [2.75, 3.05) is 4.90 Å². The van der Waals surface area contributed by atoms with Crippen molar-refractivity contribution >= 4 is 23.3 Å². The standard InChI is InChI=1S/C23H19FN2O4/c1-3-14-4-6-15(7-5-14)20-19(21(27)16-8-10-17(24)11-9-16)22(28)23(29)26(20)18-12-13(2)30-25-18/h4-12,20,27H,3H2,1-2H3/t20-/m0/s1. The van der Waals surface area contributed by atoms with E-state index in [1.165, 1.54) is 29.2 Å². The summed E-state index contributed by atoms with van der Waals surface area (Å²) in [7, 11) is 0. The molecule has 1 saturated heterocycles. The Balaban J connectivity index is 1.92. The molecule has 2 heterocycles. The predicted molar refractivity (Wildman–Crippen MR) is 108 cm³/mol. The highest BCUT2D eigenvalue weighted by Crippen LogP contribution is 2.41. The predicted octanol–water partition coefficient (Wildman–Crippen LogP) is 4.31. The number of amides is 1. The molecule has 1 aliphatic rings. The minimum absolute atomic E-state index is 0.0866. The third-order valence-electron chi connectivity index (χ3n) is 5.13. The van der Waals surface area contributed by atoms with Crippen LogP contribution in [0.3, 0.4) is 0 Å². The van der Waals surface area contributed by atoms with Gasteiger partial charge in [0.05, 0.1) is 11.6 Å². The molecule has 152 valence electrons. The number of benzene rings is 2. The molecule has 1 atom stereocenters. The van der Waals surface area contributed by atoms with Gasteiger partial charge in [0.1, 0.15) is 17.3 Å². The summed E-state index contributed by atoms with van der Waals surface area (Å²) in [6.07, 6.45) is 0.832. The first kappa shape index (κ1) is 19.6. The topological polar surface area (TPSA) is 83.6 Å². The Hall–Kier alpha value is -3.74. The molecule has 2 aromatic carbocycles. The maximum atomic E-state index is 13.3. The van der Waals surface area contributed by atoms with E-state index in [0.717, 1.165) is 12.0 Å². The number of carbonyl (C=O) groups is 2. The zero-order valence-electron chi connectivity index (χ0n) is 16.4. The van der Waals surface area contributed by atoms with Crippen LogP contribution in [0.15, 0.2) is 64.7 Å². The van der Waals surface area contributed by atoms with E-state index < -0.39 is 23.5 Å². The molecule has 7 heteroatoms. The average Bonchev–Trinajstić information content (AvgIpc) is 3.29. The Bertz CT molecular complexity index is 1150. The second-order valence-corrected chi connectivity index (χ2v) is 7.07. The van der Waals surface area contributed by atoms with Gasteiger partial charge in [-0.2, -0.15) is 0 Å². The van der Waals surface area contributed by atoms with Crippen LogP contribution < -0.4 is 4.90 Å². The van der Waals surface area contributed by atoms with Crippen molar-refractivity contribution in [2.24, 2.45) is 0 Å². The van der Waals surface area contributed by atoms with Crippen LogP contribution in [-0.4, -0.2) is 22.0 Å². The van der Waals surface area contributed by atoms with Gasteiger partial charge in [-0.05, 0) is 48.7 Å². The molecule has 1 aliphatic heterocycles. The highest BCUT2D eigenvalue weighted by Gasteiger charge is 2.48. The SMILES string of the molecule is CCc1ccc([C@H]2C(=C(O)c3ccc(F)cc3)C(=O)C(=O)N2c2cc(C)on2)cc1. The number of halogens is 1. The second-order valence-electron chi connectivity index (χ2n) is 7.07. The number of aliphatic hydroxyl groups excluding tert-OH is 1. The molecule has 3 aromatic rings. The molecule has 1 amide bonds. The number of aryl methyl sites for hydroxylation is 2. The van der Waals surface area contributed by atoms with Gasteiger partial charge in [-0.3, -0.25) is 14.5 Å². The number of rotatable bonds is 4. The smallest absolute Gasteiger partial charge is 0.301 e. The fourth-order valence-corrected chi connectivity index (χ4v) is 3.55. The van der Waals surface area contributed by atoms with E-state index in [2.05, 4.69) is 5.16 Å². The summed E-state index contributed by atoms with van der Waals surface area (Å²) in [5.41, 5.74) is 1.87. The molecule has 0 bridgehead atoms. The number of ketones is 1. The lowest BCUT2D eigenvalue weighted by molar-refractivity contribution is -0.132. The number of anilines is 1. The zero-order valence-corrected chi connectivity index (χ0v) is 16.4. The van der Waals surface area contributed by atoms with Gasteiger partial charge >= 0.3 is 5.91 Å². The van der Waals surface area contributed by atoms with Gasteiger partial charge in [0.2, 0.25) is 0 Å². The van der Waals surface area contributed by atoms with E-state index in [4.69, 9.17) is 4.52 Å². The fraction of sp³-hybridized carbons (Fsp3) is 0.174. The number of Topliss-reactive ketones (excluding diaryl/α,β-unsaturated/α-hetero) is 1. The molecule has 0 unspecified atom stereocenters. The molecule has 1 aromatic heterocycles. The Morgan fingerprint density at radius 2 is 1.80 bits per heavy atom. The molecule has 0 aliphatic carbocycles. The van der Waals surface area contributed by atoms with E-state index in [0.29, 0.717) is 11.3 Å². The monoisotopic (exact) mass is 406 g/mol. The quantitative estimate of drug-likeness (QED) is 0.397. The van der Waals surface area contributed by atoms with Crippen LogP contribution in [0.25, 0.3) is 5.76 Å². The third kappa shape index (κ3) is 3.28. The van der Waals surface area contributed by atoms with Gasteiger partial charge in [0.25, 0.3) is 5.78 Å². The van der Waals surface area contributed by atoms with Crippen LogP contribution in [0.5, 0.6) is 0 Å². The fourth-order valence-electron chi connectivity index (χ4n) is 3.55. The Kier molecular flexibility index (Phi) is 4.95. The first-order chi connectivity index (χ1) is 14.4. The zero-order chi connectivity index (χ0) is 21.4. The van der Waals surface area contributed by atoms with Crippen LogP contribution >= 0.6 is 0 Å². The van der Waals surface area contributed by atoms with Gasteiger partial charge in [-0.25, -0.2) is 4.39 Å². The number of carbonyl (C=O) groups excluding carboxylic acids is 2. The lowest BCUT2D eigenvalue weighted by Gasteiger charge is -2.23. The second kappa shape index (κ2) is 7.59. The molecule has 4 rings (SSSR count). The first-order valence-corrected chi connectivity index (χ1v) is 9.49. The maximum Gasteiger partial charge on any atom is 0.301 e.